The summed E-state index contributed by atoms with van der Waals surface area (Å²) < 4.78 is 21.4. The van der Waals surface area contributed by atoms with Crippen molar-refractivity contribution < 1.29 is 13.9 Å². The molecule has 1 unspecified atom stereocenters. The Bertz CT molecular complexity index is 1280. The number of rotatable bonds is 6. The van der Waals surface area contributed by atoms with Gasteiger partial charge in [0.15, 0.2) is 0 Å². The zero-order valence-electron chi connectivity index (χ0n) is 18.5. The number of imidazole rings is 1. The maximum atomic E-state index is 13.6. The summed E-state index contributed by atoms with van der Waals surface area (Å²) in [6.45, 7) is 1.86. The van der Waals surface area contributed by atoms with Gasteiger partial charge in [0.05, 0.1) is 6.33 Å². The van der Waals surface area contributed by atoms with Crippen molar-refractivity contribution in [1.82, 2.24) is 24.4 Å². The van der Waals surface area contributed by atoms with Gasteiger partial charge >= 0.3 is 0 Å². The van der Waals surface area contributed by atoms with Gasteiger partial charge in [0, 0.05) is 62.0 Å². The first kappa shape index (κ1) is 21.8. The van der Waals surface area contributed by atoms with Crippen LogP contribution in [0.15, 0.2) is 79.6 Å². The predicted molar refractivity (Wildman–Crippen MR) is 124 cm³/mol. The van der Waals surface area contributed by atoms with Crippen molar-refractivity contribution in [3.63, 3.8) is 0 Å². The van der Waals surface area contributed by atoms with Crippen LogP contribution >= 0.6 is 0 Å². The highest BCUT2D eigenvalue weighted by molar-refractivity contribution is 5.94. The molecule has 7 nitrogen and oxygen atoms in total. The van der Waals surface area contributed by atoms with Gasteiger partial charge in [-0.25, -0.2) is 14.4 Å². The fourth-order valence-corrected chi connectivity index (χ4v) is 4.30. The molecule has 2 aromatic carbocycles. The molecule has 2 aromatic heterocycles. The highest BCUT2D eigenvalue weighted by atomic mass is 19.1. The first-order valence-corrected chi connectivity index (χ1v) is 11.2. The molecule has 5 rings (SSSR count). The summed E-state index contributed by atoms with van der Waals surface area (Å²) in [5, 5.41) is 0. The Hall–Kier alpha value is -4.07. The van der Waals surface area contributed by atoms with Gasteiger partial charge in [0.25, 0.3) is 5.91 Å². The van der Waals surface area contributed by atoms with Crippen LogP contribution in [0.2, 0.25) is 0 Å². The molecule has 0 bridgehead atoms. The van der Waals surface area contributed by atoms with E-state index in [1.807, 2.05) is 39.9 Å². The first-order valence-electron chi connectivity index (χ1n) is 11.2. The van der Waals surface area contributed by atoms with Crippen molar-refractivity contribution in [2.24, 2.45) is 0 Å². The second-order valence-corrected chi connectivity index (χ2v) is 8.33. The second kappa shape index (κ2) is 9.82. The lowest BCUT2D eigenvalue weighted by Crippen LogP contribution is -2.39. The highest BCUT2D eigenvalue weighted by Crippen LogP contribution is 2.33. The number of benzene rings is 2. The maximum absolute atomic E-state index is 13.6. The molecule has 1 saturated heterocycles. The zero-order chi connectivity index (χ0) is 23.3. The van der Waals surface area contributed by atoms with Gasteiger partial charge in [-0.15, -0.1) is 0 Å². The van der Waals surface area contributed by atoms with Crippen LogP contribution in [0, 0.1) is 5.82 Å². The molecule has 0 radical (unpaired) electrons. The Kier molecular flexibility index (Phi) is 6.29. The molecule has 0 saturated carbocycles. The Labute approximate surface area is 196 Å². The van der Waals surface area contributed by atoms with Crippen LogP contribution in [0.25, 0.3) is 0 Å². The molecular formula is C26H24FN5O2. The van der Waals surface area contributed by atoms with Crippen LogP contribution in [-0.2, 0) is 6.54 Å². The Morgan fingerprint density at radius 1 is 1.09 bits per heavy atom. The number of amides is 1. The van der Waals surface area contributed by atoms with Gasteiger partial charge in [0.1, 0.15) is 17.3 Å². The van der Waals surface area contributed by atoms with Crippen LogP contribution < -0.4 is 4.74 Å². The van der Waals surface area contributed by atoms with E-state index in [4.69, 9.17) is 4.74 Å². The number of carbonyl (C=O) groups is 1. The number of hydrogen-bond donors (Lipinski definition) is 0. The van der Waals surface area contributed by atoms with E-state index >= 15 is 0 Å². The number of nitrogens with zero attached hydrogens (tertiary/aromatic N) is 5. The molecule has 1 amide bonds. The van der Waals surface area contributed by atoms with E-state index in [9.17, 15) is 9.18 Å². The van der Waals surface area contributed by atoms with Crippen LogP contribution in [0.5, 0.6) is 11.6 Å². The molecule has 3 heterocycles. The average Bonchev–Trinajstić information content (AvgIpc) is 3.37. The number of carbonyl (C=O) groups excluding carboxylic acids is 1. The maximum Gasteiger partial charge on any atom is 0.253 e. The molecule has 1 aliphatic rings. The molecular weight excluding hydrogens is 433 g/mol. The van der Waals surface area contributed by atoms with E-state index in [2.05, 4.69) is 15.0 Å². The summed E-state index contributed by atoms with van der Waals surface area (Å²) in [5.41, 5.74) is 2.38. The van der Waals surface area contributed by atoms with Gasteiger partial charge in [-0.05, 0) is 42.7 Å². The fourth-order valence-electron chi connectivity index (χ4n) is 4.30. The average molecular weight is 458 g/mol. The van der Waals surface area contributed by atoms with Crippen molar-refractivity contribution in [1.29, 1.82) is 0 Å². The molecule has 34 heavy (non-hydrogen) atoms. The second-order valence-electron chi connectivity index (χ2n) is 8.33. The van der Waals surface area contributed by atoms with E-state index in [1.165, 1.54) is 12.1 Å². The molecule has 0 spiro atoms. The zero-order valence-corrected chi connectivity index (χ0v) is 18.5. The third kappa shape index (κ3) is 4.96. The summed E-state index contributed by atoms with van der Waals surface area (Å²) in [6, 6.07) is 13.6. The number of halogens is 1. The van der Waals surface area contributed by atoms with Crippen LogP contribution in [-0.4, -0.2) is 43.4 Å². The van der Waals surface area contributed by atoms with E-state index < -0.39 is 0 Å². The lowest BCUT2D eigenvalue weighted by Gasteiger charge is -2.33. The monoisotopic (exact) mass is 457 g/mol. The summed E-state index contributed by atoms with van der Waals surface area (Å²) in [6.07, 6.45) is 10.3. The molecule has 4 aromatic rings. The smallest absolute Gasteiger partial charge is 0.253 e. The fraction of sp³-hybridized carbons (Fsp3) is 0.231. The van der Waals surface area contributed by atoms with E-state index in [0.29, 0.717) is 42.5 Å². The van der Waals surface area contributed by atoms with Crippen molar-refractivity contribution in [2.75, 3.05) is 13.1 Å². The lowest BCUT2D eigenvalue weighted by atomic mass is 9.94. The molecule has 1 fully saturated rings. The highest BCUT2D eigenvalue weighted by Gasteiger charge is 2.29. The van der Waals surface area contributed by atoms with Gasteiger partial charge in [-0.2, -0.15) is 0 Å². The van der Waals surface area contributed by atoms with E-state index in [0.717, 1.165) is 18.4 Å². The van der Waals surface area contributed by atoms with Crippen LogP contribution in [0.4, 0.5) is 4.39 Å². The lowest BCUT2D eigenvalue weighted by molar-refractivity contribution is 0.0704. The van der Waals surface area contributed by atoms with Gasteiger partial charge in [-0.3, -0.25) is 9.78 Å². The Morgan fingerprint density at radius 2 is 1.97 bits per heavy atom. The summed E-state index contributed by atoms with van der Waals surface area (Å²) in [4.78, 5) is 28.1. The third-order valence-electron chi connectivity index (χ3n) is 5.90. The Morgan fingerprint density at radius 3 is 2.82 bits per heavy atom. The Balaban J connectivity index is 1.32. The predicted octanol–water partition coefficient (Wildman–Crippen LogP) is 4.67. The summed E-state index contributed by atoms with van der Waals surface area (Å²) >= 11 is 0. The minimum atomic E-state index is -0.382. The molecule has 0 aliphatic carbocycles. The number of likely N-dealkylation sites (tertiary alicyclic amines) is 1. The first-order chi connectivity index (χ1) is 16.7. The normalized spacial score (nSPS) is 15.8. The standard InChI is InChI=1S/C26H24FN5O2/c27-22-7-2-8-23(15-22)34-25-24(29-9-10-30-25)21-6-3-12-32(17-21)26(33)20-5-1-4-19(14-20)16-31-13-11-28-18-31/h1-2,4-5,7-11,13-15,18,21H,3,6,12,16-17H2. The molecule has 0 N–H and O–H groups in total. The van der Waals surface area contributed by atoms with Crippen molar-refractivity contribution in [2.45, 2.75) is 25.3 Å². The molecule has 1 aliphatic heterocycles. The summed E-state index contributed by atoms with van der Waals surface area (Å²) in [7, 11) is 0. The minimum Gasteiger partial charge on any atom is -0.437 e. The van der Waals surface area contributed by atoms with Crippen molar-refractivity contribution in [3.05, 3.63) is 102 Å². The van der Waals surface area contributed by atoms with E-state index in [-0.39, 0.29) is 17.6 Å². The minimum absolute atomic E-state index is 0.00586. The number of piperidine rings is 1. The molecule has 1 atom stereocenters. The molecule has 172 valence electrons. The largest absolute Gasteiger partial charge is 0.437 e. The SMILES string of the molecule is O=C(c1cccc(Cn2ccnc2)c1)N1CCCC(c2nccnc2Oc2cccc(F)c2)C1. The number of aromatic nitrogens is 4. The van der Waals surface area contributed by atoms with Crippen molar-refractivity contribution in [3.8, 4) is 11.6 Å². The topological polar surface area (TPSA) is 73.1 Å². The van der Waals surface area contributed by atoms with Crippen LogP contribution in [0.3, 0.4) is 0 Å². The van der Waals surface area contributed by atoms with Crippen LogP contribution in [0.1, 0.15) is 40.4 Å². The quantitative estimate of drug-likeness (QED) is 0.421. The number of ether oxygens (including phenoxy) is 1. The van der Waals surface area contributed by atoms with Gasteiger partial charge < -0.3 is 14.2 Å². The van der Waals surface area contributed by atoms with Gasteiger partial charge in [0.2, 0.25) is 5.88 Å². The van der Waals surface area contributed by atoms with E-state index in [1.54, 1.807) is 37.1 Å². The molecule has 8 heteroatoms. The van der Waals surface area contributed by atoms with Gasteiger partial charge in [-0.1, -0.05) is 18.2 Å². The third-order valence-corrected chi connectivity index (χ3v) is 5.90. The van der Waals surface area contributed by atoms with Crippen molar-refractivity contribution >= 4 is 5.91 Å². The summed E-state index contributed by atoms with van der Waals surface area (Å²) in [5.74, 6) is 0.292. The number of hydrogen-bond acceptors (Lipinski definition) is 5.